The second kappa shape index (κ2) is 9.68. The van der Waals surface area contributed by atoms with Crippen LogP contribution >= 0.6 is 12.2 Å². The van der Waals surface area contributed by atoms with E-state index in [0.29, 0.717) is 11.3 Å². The van der Waals surface area contributed by atoms with Gasteiger partial charge in [0, 0.05) is 24.2 Å². The normalized spacial score (nSPS) is 11.0. The number of amidine groups is 1. The topological polar surface area (TPSA) is 53.9 Å². The van der Waals surface area contributed by atoms with Crippen molar-refractivity contribution in [2.24, 2.45) is 4.99 Å². The maximum Gasteiger partial charge on any atom is 0.257 e. The summed E-state index contributed by atoms with van der Waals surface area (Å²) in [4.78, 5) is 19.0. The van der Waals surface area contributed by atoms with Gasteiger partial charge in [0.1, 0.15) is 11.6 Å². The predicted octanol–water partition coefficient (Wildman–Crippen LogP) is 3.50. The average molecular weight is 369 g/mol. The number of aliphatic imine (C=N–C) groups is 1. The molecule has 0 heterocycles. The number of thiocarbonyl (C=S) groups is 1. The van der Waals surface area contributed by atoms with E-state index in [4.69, 9.17) is 17.0 Å². The van der Waals surface area contributed by atoms with Crippen molar-refractivity contribution in [1.82, 2.24) is 10.2 Å². The third-order valence-electron chi connectivity index (χ3n) is 3.88. The van der Waals surface area contributed by atoms with Crippen molar-refractivity contribution in [3.63, 3.8) is 0 Å². The summed E-state index contributed by atoms with van der Waals surface area (Å²) < 4.78 is 5.10. The summed E-state index contributed by atoms with van der Waals surface area (Å²) in [5, 5.41) is 2.81. The van der Waals surface area contributed by atoms with Crippen LogP contribution in [0.25, 0.3) is 0 Å². The van der Waals surface area contributed by atoms with E-state index >= 15 is 0 Å². The molecule has 2 aromatic rings. The molecule has 136 valence electrons. The molecular formula is C20H23N3O2S. The van der Waals surface area contributed by atoms with Gasteiger partial charge in [-0.15, -0.1) is 0 Å². The maximum atomic E-state index is 12.4. The Labute approximate surface area is 159 Å². The number of amides is 1. The lowest BCUT2D eigenvalue weighted by atomic mass is 10.2. The van der Waals surface area contributed by atoms with Crippen LogP contribution in [0.2, 0.25) is 0 Å². The van der Waals surface area contributed by atoms with Gasteiger partial charge in [-0.1, -0.05) is 30.3 Å². The lowest BCUT2D eigenvalue weighted by Gasteiger charge is -2.23. The fourth-order valence-electron chi connectivity index (χ4n) is 2.46. The molecule has 0 atom stereocenters. The minimum atomic E-state index is -0.298. The van der Waals surface area contributed by atoms with Crippen molar-refractivity contribution >= 4 is 29.1 Å². The number of hydrogen-bond acceptors (Lipinski definition) is 3. The van der Waals surface area contributed by atoms with Crippen molar-refractivity contribution in [2.45, 2.75) is 13.8 Å². The number of benzene rings is 2. The summed E-state index contributed by atoms with van der Waals surface area (Å²) in [5.41, 5.74) is 1.45. The maximum absolute atomic E-state index is 12.4. The van der Waals surface area contributed by atoms with Crippen LogP contribution in [0.1, 0.15) is 29.8 Å². The minimum absolute atomic E-state index is 0.136. The number of carbonyl (C=O) groups is 1. The molecular weight excluding hydrogens is 346 g/mol. The van der Waals surface area contributed by atoms with E-state index in [0.717, 1.165) is 24.5 Å². The first-order chi connectivity index (χ1) is 12.6. The standard InChI is InChI=1S/C20H23N3O2S/c1-4-23(5-2)18(15-9-7-6-8-10-15)21-20(26)22-19(24)16-11-13-17(25-3)14-12-16/h6-14H,4-5H2,1-3H3,(H,22,24,26)/b21-18+. The van der Waals surface area contributed by atoms with E-state index in [2.05, 4.69) is 29.1 Å². The first kappa shape index (κ1) is 19.6. The number of rotatable bonds is 5. The predicted molar refractivity (Wildman–Crippen MR) is 109 cm³/mol. The van der Waals surface area contributed by atoms with Crippen LogP contribution in [-0.2, 0) is 0 Å². The molecule has 1 N–H and O–H groups in total. The number of nitrogens with one attached hydrogen (secondary N) is 1. The molecule has 2 aromatic carbocycles. The fraction of sp³-hybridized carbons (Fsp3) is 0.250. The SMILES string of the molecule is CCN(CC)/C(=N/C(=S)NC(=O)c1ccc(OC)cc1)c1ccccc1. The van der Waals surface area contributed by atoms with Crippen LogP contribution in [0.15, 0.2) is 59.6 Å². The van der Waals surface area contributed by atoms with Crippen molar-refractivity contribution in [3.05, 3.63) is 65.7 Å². The second-order valence-corrected chi connectivity index (χ2v) is 5.85. The van der Waals surface area contributed by atoms with Gasteiger partial charge in [0.15, 0.2) is 0 Å². The van der Waals surface area contributed by atoms with Gasteiger partial charge in [0.25, 0.3) is 5.91 Å². The van der Waals surface area contributed by atoms with Gasteiger partial charge in [0.2, 0.25) is 5.11 Å². The third-order valence-corrected chi connectivity index (χ3v) is 4.07. The van der Waals surface area contributed by atoms with E-state index in [1.165, 1.54) is 0 Å². The average Bonchev–Trinajstić information content (AvgIpc) is 2.68. The molecule has 6 heteroatoms. The van der Waals surface area contributed by atoms with E-state index in [-0.39, 0.29) is 11.0 Å². The number of hydrogen-bond donors (Lipinski definition) is 1. The lowest BCUT2D eigenvalue weighted by molar-refractivity contribution is 0.0977. The molecule has 0 saturated heterocycles. The zero-order chi connectivity index (χ0) is 18.9. The van der Waals surface area contributed by atoms with Crippen LogP contribution in [0.5, 0.6) is 5.75 Å². The van der Waals surface area contributed by atoms with E-state index in [1.54, 1.807) is 31.4 Å². The molecule has 0 fully saturated rings. The Balaban J connectivity index is 2.19. The Morgan fingerprint density at radius 3 is 2.19 bits per heavy atom. The zero-order valence-electron chi connectivity index (χ0n) is 15.2. The molecule has 26 heavy (non-hydrogen) atoms. The van der Waals surface area contributed by atoms with Crippen LogP contribution in [0, 0.1) is 0 Å². The number of carbonyl (C=O) groups excluding carboxylic acids is 1. The van der Waals surface area contributed by atoms with Gasteiger partial charge in [-0.25, -0.2) is 4.99 Å². The Bertz CT molecular complexity index is 769. The molecule has 2 rings (SSSR count). The molecule has 0 bridgehead atoms. The summed E-state index contributed by atoms with van der Waals surface area (Å²) >= 11 is 5.30. The smallest absolute Gasteiger partial charge is 0.257 e. The number of nitrogens with zero attached hydrogens (tertiary/aromatic N) is 2. The van der Waals surface area contributed by atoms with E-state index < -0.39 is 0 Å². The molecule has 0 radical (unpaired) electrons. The van der Waals surface area contributed by atoms with Crippen molar-refractivity contribution in [2.75, 3.05) is 20.2 Å². The first-order valence-electron chi connectivity index (χ1n) is 8.47. The highest BCUT2D eigenvalue weighted by molar-refractivity contribution is 7.80. The van der Waals surface area contributed by atoms with Gasteiger partial charge in [-0.05, 0) is 50.3 Å². The third kappa shape index (κ3) is 5.13. The Morgan fingerprint density at radius 1 is 1.04 bits per heavy atom. The lowest BCUT2D eigenvalue weighted by Crippen LogP contribution is -2.35. The summed E-state index contributed by atoms with van der Waals surface area (Å²) in [7, 11) is 1.58. The largest absolute Gasteiger partial charge is 0.497 e. The molecule has 0 aromatic heterocycles. The molecule has 5 nitrogen and oxygen atoms in total. The van der Waals surface area contributed by atoms with Crippen LogP contribution in [0.3, 0.4) is 0 Å². The van der Waals surface area contributed by atoms with Crippen LogP contribution in [-0.4, -0.2) is 42.0 Å². The Kier molecular flexibility index (Phi) is 7.29. The highest BCUT2D eigenvalue weighted by Gasteiger charge is 2.13. The monoisotopic (exact) mass is 369 g/mol. The quantitative estimate of drug-likeness (QED) is 0.498. The Hall–Kier alpha value is -2.73. The van der Waals surface area contributed by atoms with E-state index in [1.807, 2.05) is 30.3 Å². The highest BCUT2D eigenvalue weighted by atomic mass is 32.1. The number of methoxy groups -OCH3 is 1. The van der Waals surface area contributed by atoms with Crippen molar-refractivity contribution < 1.29 is 9.53 Å². The van der Waals surface area contributed by atoms with Gasteiger partial charge >= 0.3 is 0 Å². The fourth-order valence-corrected chi connectivity index (χ4v) is 2.64. The Morgan fingerprint density at radius 2 is 1.65 bits per heavy atom. The van der Waals surface area contributed by atoms with Gasteiger partial charge < -0.3 is 9.64 Å². The summed E-state index contributed by atoms with van der Waals surface area (Å²) in [6, 6.07) is 16.6. The molecule has 1 amide bonds. The minimum Gasteiger partial charge on any atom is -0.497 e. The zero-order valence-corrected chi connectivity index (χ0v) is 16.0. The summed E-state index contributed by atoms with van der Waals surface area (Å²) in [6.07, 6.45) is 0. The summed E-state index contributed by atoms with van der Waals surface area (Å²) in [5.74, 6) is 1.14. The summed E-state index contributed by atoms with van der Waals surface area (Å²) in [6.45, 7) is 5.69. The number of ether oxygens (including phenoxy) is 1. The van der Waals surface area contributed by atoms with Gasteiger partial charge in [-0.2, -0.15) is 0 Å². The van der Waals surface area contributed by atoms with Crippen LogP contribution < -0.4 is 10.1 Å². The molecule has 0 spiro atoms. The molecule has 0 saturated carbocycles. The highest BCUT2D eigenvalue weighted by Crippen LogP contribution is 2.11. The van der Waals surface area contributed by atoms with Crippen LogP contribution in [0.4, 0.5) is 0 Å². The van der Waals surface area contributed by atoms with E-state index in [9.17, 15) is 4.79 Å². The first-order valence-corrected chi connectivity index (χ1v) is 8.88. The second-order valence-electron chi connectivity index (χ2n) is 5.46. The van der Waals surface area contributed by atoms with Gasteiger partial charge in [0.05, 0.1) is 7.11 Å². The van der Waals surface area contributed by atoms with Gasteiger partial charge in [-0.3, -0.25) is 10.1 Å². The van der Waals surface area contributed by atoms with Crippen molar-refractivity contribution in [3.8, 4) is 5.75 Å². The molecule has 0 unspecified atom stereocenters. The van der Waals surface area contributed by atoms with Crippen molar-refractivity contribution in [1.29, 1.82) is 0 Å². The molecule has 0 aliphatic carbocycles. The molecule has 0 aliphatic heterocycles. The molecule has 0 aliphatic rings.